The Bertz CT molecular complexity index is 1370. The highest BCUT2D eigenvalue weighted by Gasteiger charge is 2.52. The number of halogens is 6. The van der Waals surface area contributed by atoms with Crippen LogP contribution in [0.2, 0.25) is 0 Å². The molecule has 1 amide bonds. The summed E-state index contributed by atoms with van der Waals surface area (Å²) in [6, 6.07) is 5.01. The molecule has 3 aromatic rings. The fourth-order valence-corrected chi connectivity index (χ4v) is 5.33. The lowest BCUT2D eigenvalue weighted by Gasteiger charge is -2.50. The molecule has 1 saturated heterocycles. The number of hydrogen-bond donors (Lipinski definition) is 3. The third kappa shape index (κ3) is 4.73. The SMILES string of the molecule is CC(O)(c1cc2nn(C3CC4(CCNCC4)C3)cc2cc1NC(=O)c1cccc(C(F)(F)F)n1)C(F)(F)F. The van der Waals surface area contributed by atoms with Crippen molar-refractivity contribution in [2.45, 2.75) is 56.6 Å². The second-order valence-electron chi connectivity index (χ2n) is 10.3. The van der Waals surface area contributed by atoms with Crippen LogP contribution in [0, 0.1) is 5.41 Å². The Labute approximate surface area is 213 Å². The van der Waals surface area contributed by atoms with E-state index in [1.807, 2.05) is 0 Å². The summed E-state index contributed by atoms with van der Waals surface area (Å²) in [6.07, 6.45) is -4.40. The molecule has 1 unspecified atom stereocenters. The lowest BCUT2D eigenvalue weighted by Crippen LogP contribution is -2.46. The first-order valence-corrected chi connectivity index (χ1v) is 12.1. The average Bonchev–Trinajstić information content (AvgIpc) is 3.24. The Hall–Kier alpha value is -3.19. The zero-order chi connectivity index (χ0) is 27.5. The van der Waals surface area contributed by atoms with Crippen molar-refractivity contribution in [3.63, 3.8) is 0 Å². The number of hydrogen-bond acceptors (Lipinski definition) is 5. The Morgan fingerprint density at radius 3 is 2.45 bits per heavy atom. The first-order valence-electron chi connectivity index (χ1n) is 12.1. The molecule has 1 spiro atoms. The van der Waals surface area contributed by atoms with Gasteiger partial charge in [-0.15, -0.1) is 0 Å². The second kappa shape index (κ2) is 8.94. The maximum absolute atomic E-state index is 13.8. The highest BCUT2D eigenvalue weighted by atomic mass is 19.4. The molecular formula is C25H25F6N5O2. The fraction of sp³-hybridized carbons (Fsp3) is 0.480. The molecule has 5 rings (SSSR count). The highest BCUT2D eigenvalue weighted by Crippen LogP contribution is 2.54. The summed E-state index contributed by atoms with van der Waals surface area (Å²) in [7, 11) is 0. The first-order chi connectivity index (χ1) is 17.7. The summed E-state index contributed by atoms with van der Waals surface area (Å²) in [5.74, 6) is -1.16. The molecule has 3 heterocycles. The van der Waals surface area contributed by atoms with Crippen molar-refractivity contribution >= 4 is 22.5 Å². The predicted molar refractivity (Wildman–Crippen MR) is 125 cm³/mol. The van der Waals surface area contributed by atoms with Crippen LogP contribution in [0.5, 0.6) is 0 Å². The topological polar surface area (TPSA) is 92.1 Å². The molecule has 0 radical (unpaired) electrons. The normalized spacial score (nSPS) is 19.8. The van der Waals surface area contributed by atoms with Gasteiger partial charge >= 0.3 is 12.4 Å². The summed E-state index contributed by atoms with van der Waals surface area (Å²) in [6.45, 7) is 2.41. The van der Waals surface area contributed by atoms with Crippen LogP contribution in [0.1, 0.15) is 60.4 Å². The van der Waals surface area contributed by atoms with Gasteiger partial charge in [-0.3, -0.25) is 9.48 Å². The van der Waals surface area contributed by atoms with E-state index in [-0.39, 0.29) is 17.0 Å². The Morgan fingerprint density at radius 1 is 1.13 bits per heavy atom. The number of aliphatic hydroxyl groups is 1. The molecule has 2 fully saturated rings. The van der Waals surface area contributed by atoms with E-state index in [1.54, 1.807) is 10.9 Å². The molecule has 1 aromatic carbocycles. The number of carbonyl (C=O) groups excluding carboxylic acids is 1. The summed E-state index contributed by atoms with van der Waals surface area (Å²) in [5, 5.41) is 20.9. The van der Waals surface area contributed by atoms with Crippen molar-refractivity contribution in [1.29, 1.82) is 0 Å². The molecule has 7 nitrogen and oxygen atoms in total. The minimum atomic E-state index is -5.12. The van der Waals surface area contributed by atoms with Crippen LogP contribution in [0.25, 0.3) is 10.9 Å². The van der Waals surface area contributed by atoms with Crippen LogP contribution in [-0.4, -0.2) is 45.0 Å². The lowest BCUT2D eigenvalue weighted by atomic mass is 9.60. The van der Waals surface area contributed by atoms with E-state index in [0.29, 0.717) is 18.4 Å². The van der Waals surface area contributed by atoms with E-state index in [4.69, 9.17) is 0 Å². The second-order valence-corrected chi connectivity index (χ2v) is 10.3. The Morgan fingerprint density at radius 2 is 1.82 bits per heavy atom. The van der Waals surface area contributed by atoms with Gasteiger partial charge in [-0.1, -0.05) is 6.07 Å². The fourth-order valence-electron chi connectivity index (χ4n) is 5.33. The van der Waals surface area contributed by atoms with Gasteiger partial charge in [0.1, 0.15) is 11.4 Å². The van der Waals surface area contributed by atoms with E-state index < -0.39 is 46.5 Å². The van der Waals surface area contributed by atoms with Crippen molar-refractivity contribution < 1.29 is 36.2 Å². The minimum Gasteiger partial charge on any atom is -0.376 e. The van der Waals surface area contributed by atoms with Gasteiger partial charge < -0.3 is 15.7 Å². The van der Waals surface area contributed by atoms with Gasteiger partial charge in [0.05, 0.1) is 11.6 Å². The number of pyridine rings is 1. The summed E-state index contributed by atoms with van der Waals surface area (Å²) in [5.41, 5.74) is -6.03. The van der Waals surface area contributed by atoms with Crippen molar-refractivity contribution in [3.8, 4) is 0 Å². The number of nitrogens with zero attached hydrogens (tertiary/aromatic N) is 3. The van der Waals surface area contributed by atoms with Crippen molar-refractivity contribution in [2.75, 3.05) is 18.4 Å². The van der Waals surface area contributed by atoms with Crippen molar-refractivity contribution in [2.24, 2.45) is 5.41 Å². The number of fused-ring (bicyclic) bond motifs is 1. The van der Waals surface area contributed by atoms with Gasteiger partial charge in [-0.25, -0.2) is 4.98 Å². The molecular weight excluding hydrogens is 516 g/mol. The molecule has 204 valence electrons. The van der Waals surface area contributed by atoms with Gasteiger partial charge in [-0.05, 0) is 75.4 Å². The van der Waals surface area contributed by atoms with Crippen LogP contribution in [0.3, 0.4) is 0 Å². The quantitative estimate of drug-likeness (QED) is 0.396. The summed E-state index contributed by atoms with van der Waals surface area (Å²) >= 11 is 0. The van der Waals surface area contributed by atoms with E-state index >= 15 is 0 Å². The maximum Gasteiger partial charge on any atom is 0.433 e. The van der Waals surface area contributed by atoms with Crippen LogP contribution >= 0.6 is 0 Å². The number of benzene rings is 1. The molecule has 38 heavy (non-hydrogen) atoms. The number of amides is 1. The molecule has 2 aromatic heterocycles. The highest BCUT2D eigenvalue weighted by molar-refractivity contribution is 6.04. The maximum atomic E-state index is 13.8. The van der Waals surface area contributed by atoms with Gasteiger partial charge in [0.2, 0.25) is 0 Å². The number of rotatable bonds is 4. The Kier molecular flexibility index (Phi) is 6.21. The minimum absolute atomic E-state index is 0.0689. The van der Waals surface area contributed by atoms with Crippen LogP contribution in [-0.2, 0) is 11.8 Å². The van der Waals surface area contributed by atoms with E-state index in [9.17, 15) is 36.2 Å². The van der Waals surface area contributed by atoms with Gasteiger partial charge in [-0.2, -0.15) is 31.4 Å². The Balaban J connectivity index is 1.49. The third-order valence-corrected chi connectivity index (χ3v) is 7.63. The lowest BCUT2D eigenvalue weighted by molar-refractivity contribution is -0.258. The average molecular weight is 541 g/mol. The number of carbonyl (C=O) groups is 1. The molecule has 13 heteroatoms. The zero-order valence-electron chi connectivity index (χ0n) is 20.2. The van der Waals surface area contributed by atoms with E-state index in [1.165, 1.54) is 6.07 Å². The van der Waals surface area contributed by atoms with E-state index in [0.717, 1.165) is 57.0 Å². The van der Waals surface area contributed by atoms with Crippen molar-refractivity contribution in [3.05, 3.63) is 53.5 Å². The molecule has 2 aliphatic rings. The van der Waals surface area contributed by atoms with Gasteiger partial charge in [0.15, 0.2) is 5.60 Å². The van der Waals surface area contributed by atoms with Gasteiger partial charge in [0.25, 0.3) is 5.91 Å². The summed E-state index contributed by atoms with van der Waals surface area (Å²) in [4.78, 5) is 16.1. The smallest absolute Gasteiger partial charge is 0.376 e. The number of alkyl halides is 6. The largest absolute Gasteiger partial charge is 0.433 e. The molecule has 1 atom stereocenters. The standard InChI is InChI=1S/C25H25F6N5O2/c1-22(38,25(29,30)31)16-10-18-14(13-36(35-18)15-11-23(12-15)5-7-32-8-6-23)9-19(16)34-21(37)17-3-2-4-20(33-17)24(26,27)28/h2-4,9-10,13,15,32,38H,5-8,11-12H2,1H3,(H,34,37). The molecule has 1 aliphatic carbocycles. The zero-order valence-corrected chi connectivity index (χ0v) is 20.2. The molecule has 1 aliphatic heterocycles. The molecule has 1 saturated carbocycles. The molecule has 3 N–H and O–H groups in total. The molecule has 0 bridgehead atoms. The van der Waals surface area contributed by atoms with Gasteiger partial charge in [0, 0.05) is 22.8 Å². The van der Waals surface area contributed by atoms with E-state index in [2.05, 4.69) is 20.7 Å². The summed E-state index contributed by atoms with van der Waals surface area (Å²) < 4.78 is 82.3. The predicted octanol–water partition coefficient (Wildman–Crippen LogP) is 5.18. The number of aromatic nitrogens is 3. The monoisotopic (exact) mass is 541 g/mol. The number of piperidine rings is 1. The van der Waals surface area contributed by atoms with Crippen LogP contribution in [0.15, 0.2) is 36.5 Å². The van der Waals surface area contributed by atoms with Crippen LogP contribution in [0.4, 0.5) is 32.0 Å². The first kappa shape index (κ1) is 26.4. The number of anilines is 1. The van der Waals surface area contributed by atoms with Crippen LogP contribution < -0.4 is 10.6 Å². The number of nitrogens with one attached hydrogen (secondary N) is 2. The third-order valence-electron chi connectivity index (χ3n) is 7.63. The van der Waals surface area contributed by atoms with Crippen molar-refractivity contribution in [1.82, 2.24) is 20.1 Å².